The molecule has 0 aromatic heterocycles. The number of hydrogen-bond acceptors (Lipinski definition) is 1. The highest BCUT2D eigenvalue weighted by Crippen LogP contribution is 2.24. The van der Waals surface area contributed by atoms with Crippen LogP contribution < -0.4 is 0 Å². The summed E-state index contributed by atoms with van der Waals surface area (Å²) < 4.78 is 0. The van der Waals surface area contributed by atoms with E-state index in [0.717, 1.165) is 5.56 Å². The topological polar surface area (TPSA) is 23.8 Å². The fraction of sp³-hybridized carbons (Fsp3) is 0.250. The zero-order chi connectivity index (χ0) is 9.90. The first-order chi connectivity index (χ1) is 6.10. The van der Waals surface area contributed by atoms with Crippen LogP contribution >= 0.6 is 0 Å². The van der Waals surface area contributed by atoms with Gasteiger partial charge in [0.15, 0.2) is 0 Å². The molecule has 0 saturated carbocycles. The summed E-state index contributed by atoms with van der Waals surface area (Å²) in [5, 5.41) is 8.72. The molecular weight excluding hydrogens is 158 g/mol. The molecule has 0 unspecified atom stereocenters. The molecule has 0 aliphatic rings. The third-order valence-electron chi connectivity index (χ3n) is 2.25. The van der Waals surface area contributed by atoms with E-state index < -0.39 is 0 Å². The van der Waals surface area contributed by atoms with Gasteiger partial charge in [0.25, 0.3) is 0 Å². The molecule has 0 atom stereocenters. The minimum Gasteiger partial charge on any atom is -0.192 e. The summed E-state index contributed by atoms with van der Waals surface area (Å²) in [4.78, 5) is 0. The highest BCUT2D eigenvalue weighted by molar-refractivity contribution is 5.37. The van der Waals surface area contributed by atoms with Crippen molar-refractivity contribution in [3.8, 4) is 6.07 Å². The monoisotopic (exact) mass is 171 g/mol. The number of allylic oxidation sites excluding steroid dienone is 1. The maximum Gasteiger partial charge on any atom is 0.0991 e. The third kappa shape index (κ3) is 1.97. The van der Waals surface area contributed by atoms with Gasteiger partial charge in [-0.3, -0.25) is 0 Å². The lowest BCUT2D eigenvalue weighted by Crippen LogP contribution is -2.12. The zero-order valence-electron chi connectivity index (χ0n) is 8.04. The number of benzene rings is 1. The molecule has 1 heteroatoms. The second-order valence-electron chi connectivity index (χ2n) is 3.62. The standard InChI is InChI=1S/C12H13N/c1-4-12(2,3)11-7-5-6-10(8-11)9-13/h4-8H,1H2,2-3H3. The average molecular weight is 171 g/mol. The Balaban J connectivity index is 3.17. The summed E-state index contributed by atoms with van der Waals surface area (Å²) >= 11 is 0. The van der Waals surface area contributed by atoms with Gasteiger partial charge >= 0.3 is 0 Å². The van der Waals surface area contributed by atoms with Crippen molar-refractivity contribution in [2.75, 3.05) is 0 Å². The molecule has 0 aliphatic heterocycles. The van der Waals surface area contributed by atoms with Gasteiger partial charge in [0, 0.05) is 5.41 Å². The second-order valence-corrected chi connectivity index (χ2v) is 3.62. The normalized spacial score (nSPS) is 10.5. The molecule has 1 aromatic carbocycles. The Morgan fingerprint density at radius 1 is 1.46 bits per heavy atom. The minimum absolute atomic E-state index is 0.0626. The lowest BCUT2D eigenvalue weighted by atomic mass is 9.84. The summed E-state index contributed by atoms with van der Waals surface area (Å²) in [7, 11) is 0. The van der Waals surface area contributed by atoms with E-state index in [4.69, 9.17) is 5.26 Å². The quantitative estimate of drug-likeness (QED) is 0.627. The van der Waals surface area contributed by atoms with E-state index in [9.17, 15) is 0 Å². The molecular formula is C12H13N. The zero-order valence-corrected chi connectivity index (χ0v) is 8.04. The van der Waals surface area contributed by atoms with Gasteiger partial charge in [0.2, 0.25) is 0 Å². The van der Waals surface area contributed by atoms with Crippen LogP contribution in [-0.4, -0.2) is 0 Å². The third-order valence-corrected chi connectivity index (χ3v) is 2.25. The van der Waals surface area contributed by atoms with Crippen LogP contribution in [0.15, 0.2) is 36.9 Å². The molecule has 13 heavy (non-hydrogen) atoms. The Labute approximate surface area is 79.3 Å². The summed E-state index contributed by atoms with van der Waals surface area (Å²) in [6.07, 6.45) is 1.89. The summed E-state index contributed by atoms with van der Waals surface area (Å²) in [6, 6.07) is 9.76. The molecule has 0 fully saturated rings. The highest BCUT2D eigenvalue weighted by atomic mass is 14.2. The first kappa shape index (κ1) is 9.54. The van der Waals surface area contributed by atoms with E-state index in [2.05, 4.69) is 26.5 Å². The molecule has 1 nitrogen and oxygen atoms in total. The Bertz CT molecular complexity index is 356. The van der Waals surface area contributed by atoms with Crippen molar-refractivity contribution in [1.29, 1.82) is 5.26 Å². The van der Waals surface area contributed by atoms with E-state index in [0.29, 0.717) is 5.56 Å². The molecule has 0 N–H and O–H groups in total. The van der Waals surface area contributed by atoms with Crippen molar-refractivity contribution in [3.63, 3.8) is 0 Å². The summed E-state index contributed by atoms with van der Waals surface area (Å²) in [5.74, 6) is 0. The van der Waals surface area contributed by atoms with Crippen LogP contribution in [0.4, 0.5) is 0 Å². The van der Waals surface area contributed by atoms with Crippen molar-refractivity contribution in [1.82, 2.24) is 0 Å². The van der Waals surface area contributed by atoms with E-state index in [1.807, 2.05) is 30.3 Å². The molecule has 1 rings (SSSR count). The van der Waals surface area contributed by atoms with Gasteiger partial charge in [-0.25, -0.2) is 0 Å². The second kappa shape index (κ2) is 3.45. The first-order valence-electron chi connectivity index (χ1n) is 4.24. The molecule has 0 radical (unpaired) electrons. The van der Waals surface area contributed by atoms with Gasteiger partial charge < -0.3 is 0 Å². The number of hydrogen-bond donors (Lipinski definition) is 0. The van der Waals surface area contributed by atoms with Crippen molar-refractivity contribution >= 4 is 0 Å². The van der Waals surface area contributed by atoms with E-state index in [1.165, 1.54) is 0 Å². The van der Waals surface area contributed by atoms with E-state index in [-0.39, 0.29) is 5.41 Å². The van der Waals surface area contributed by atoms with Crippen LogP contribution in [0.1, 0.15) is 25.0 Å². The Morgan fingerprint density at radius 2 is 2.15 bits per heavy atom. The van der Waals surface area contributed by atoms with Crippen LogP contribution in [0.5, 0.6) is 0 Å². The molecule has 0 bridgehead atoms. The maximum atomic E-state index is 8.72. The summed E-state index contributed by atoms with van der Waals surface area (Å²) in [5.41, 5.74) is 1.77. The number of rotatable bonds is 2. The molecule has 0 saturated heterocycles. The molecule has 66 valence electrons. The van der Waals surface area contributed by atoms with Gasteiger partial charge in [-0.05, 0) is 17.7 Å². The van der Waals surface area contributed by atoms with Gasteiger partial charge in [-0.15, -0.1) is 6.58 Å². The fourth-order valence-corrected chi connectivity index (χ4v) is 1.11. The highest BCUT2D eigenvalue weighted by Gasteiger charge is 2.15. The SMILES string of the molecule is C=CC(C)(C)c1cccc(C#N)c1. The summed E-state index contributed by atoms with van der Waals surface area (Å²) in [6.45, 7) is 7.94. The molecule has 1 aromatic rings. The van der Waals surface area contributed by atoms with Crippen LogP contribution in [0.25, 0.3) is 0 Å². The van der Waals surface area contributed by atoms with Crippen molar-refractivity contribution in [2.45, 2.75) is 19.3 Å². The van der Waals surface area contributed by atoms with E-state index >= 15 is 0 Å². The number of nitriles is 1. The predicted octanol–water partition coefficient (Wildman–Crippen LogP) is 3.02. The molecule has 0 spiro atoms. The largest absolute Gasteiger partial charge is 0.192 e. The first-order valence-corrected chi connectivity index (χ1v) is 4.24. The van der Waals surface area contributed by atoms with Gasteiger partial charge in [0.05, 0.1) is 11.6 Å². The fourth-order valence-electron chi connectivity index (χ4n) is 1.11. The van der Waals surface area contributed by atoms with Crippen LogP contribution in [0, 0.1) is 11.3 Å². The van der Waals surface area contributed by atoms with Crippen molar-refractivity contribution in [3.05, 3.63) is 48.0 Å². The lowest BCUT2D eigenvalue weighted by Gasteiger charge is -2.20. The predicted molar refractivity (Wildman–Crippen MR) is 54.4 cm³/mol. The van der Waals surface area contributed by atoms with Crippen LogP contribution in [0.3, 0.4) is 0 Å². The Kier molecular flexibility index (Phi) is 2.53. The minimum atomic E-state index is -0.0626. The van der Waals surface area contributed by atoms with Crippen LogP contribution in [-0.2, 0) is 5.41 Å². The van der Waals surface area contributed by atoms with E-state index in [1.54, 1.807) is 0 Å². The lowest BCUT2D eigenvalue weighted by molar-refractivity contribution is 0.671. The molecule has 0 aliphatic carbocycles. The van der Waals surface area contributed by atoms with Gasteiger partial charge in [0.1, 0.15) is 0 Å². The van der Waals surface area contributed by atoms with Gasteiger partial charge in [-0.1, -0.05) is 32.1 Å². The maximum absolute atomic E-state index is 8.72. The Morgan fingerprint density at radius 3 is 2.69 bits per heavy atom. The molecule has 0 heterocycles. The average Bonchev–Trinajstić information content (AvgIpc) is 2.18. The molecule has 0 amide bonds. The smallest absolute Gasteiger partial charge is 0.0991 e. The van der Waals surface area contributed by atoms with Gasteiger partial charge in [-0.2, -0.15) is 5.26 Å². The van der Waals surface area contributed by atoms with Crippen molar-refractivity contribution < 1.29 is 0 Å². The van der Waals surface area contributed by atoms with Crippen LogP contribution in [0.2, 0.25) is 0 Å². The number of nitrogens with zero attached hydrogens (tertiary/aromatic N) is 1. The Hall–Kier alpha value is -1.55. The van der Waals surface area contributed by atoms with Crippen molar-refractivity contribution in [2.24, 2.45) is 0 Å².